The molecule has 0 fully saturated rings. The summed E-state index contributed by atoms with van der Waals surface area (Å²) in [6, 6.07) is 13.6. The Morgan fingerprint density at radius 3 is 2.77 bits per heavy atom. The molecule has 0 atom stereocenters. The van der Waals surface area contributed by atoms with Gasteiger partial charge < -0.3 is 9.84 Å². The van der Waals surface area contributed by atoms with Crippen LogP contribution in [0, 0.1) is 0 Å². The van der Waals surface area contributed by atoms with Crippen LogP contribution < -0.4 is 5.32 Å². The topological polar surface area (TPSA) is 63.8 Å². The quantitative estimate of drug-likeness (QED) is 0.696. The lowest BCUT2D eigenvalue weighted by atomic mass is 10.2. The van der Waals surface area contributed by atoms with Crippen molar-refractivity contribution in [2.75, 3.05) is 11.9 Å². The average molecular weight is 294 g/mol. The molecular formula is C17H18N4O. The van der Waals surface area contributed by atoms with Crippen molar-refractivity contribution in [3.63, 3.8) is 0 Å². The molecule has 0 unspecified atom stereocenters. The molecule has 0 saturated carbocycles. The molecule has 0 bridgehead atoms. The van der Waals surface area contributed by atoms with Gasteiger partial charge in [0, 0.05) is 18.3 Å². The van der Waals surface area contributed by atoms with Crippen LogP contribution in [0.4, 0.5) is 5.82 Å². The van der Waals surface area contributed by atoms with E-state index in [4.69, 9.17) is 4.52 Å². The first-order chi connectivity index (χ1) is 10.9. The predicted octanol–water partition coefficient (Wildman–Crippen LogP) is 4.01. The summed E-state index contributed by atoms with van der Waals surface area (Å²) in [5, 5.41) is 7.38. The van der Waals surface area contributed by atoms with Gasteiger partial charge in [0.15, 0.2) is 0 Å². The van der Waals surface area contributed by atoms with Crippen LogP contribution in [0.25, 0.3) is 22.8 Å². The number of hydrogen-bond acceptors (Lipinski definition) is 5. The lowest BCUT2D eigenvalue weighted by molar-refractivity contribution is 0.432. The SMILES string of the molecule is CCCCNc1ncccc1-c1nc(-c2ccccc2)no1. The fraction of sp³-hybridized carbons (Fsp3) is 0.235. The van der Waals surface area contributed by atoms with E-state index in [0.717, 1.165) is 36.3 Å². The van der Waals surface area contributed by atoms with Gasteiger partial charge in [-0.1, -0.05) is 48.8 Å². The van der Waals surface area contributed by atoms with Crippen LogP contribution in [0.15, 0.2) is 53.2 Å². The van der Waals surface area contributed by atoms with E-state index in [1.807, 2.05) is 42.5 Å². The molecule has 3 rings (SSSR count). The number of aromatic nitrogens is 3. The second-order valence-electron chi connectivity index (χ2n) is 4.97. The Hall–Kier alpha value is -2.69. The summed E-state index contributed by atoms with van der Waals surface area (Å²) in [5.41, 5.74) is 1.76. The Balaban J connectivity index is 1.87. The van der Waals surface area contributed by atoms with E-state index in [1.165, 1.54) is 0 Å². The van der Waals surface area contributed by atoms with Crippen LogP contribution in [0.2, 0.25) is 0 Å². The summed E-state index contributed by atoms with van der Waals surface area (Å²) in [4.78, 5) is 8.85. The number of nitrogens with zero attached hydrogens (tertiary/aromatic N) is 3. The third kappa shape index (κ3) is 3.14. The fourth-order valence-electron chi connectivity index (χ4n) is 2.14. The Bertz CT molecular complexity index is 724. The van der Waals surface area contributed by atoms with E-state index >= 15 is 0 Å². The van der Waals surface area contributed by atoms with Crippen molar-refractivity contribution in [2.45, 2.75) is 19.8 Å². The number of unbranched alkanes of at least 4 members (excludes halogenated alkanes) is 1. The van der Waals surface area contributed by atoms with Gasteiger partial charge in [0.1, 0.15) is 5.82 Å². The highest BCUT2D eigenvalue weighted by atomic mass is 16.5. The average Bonchev–Trinajstić information content (AvgIpc) is 3.06. The van der Waals surface area contributed by atoms with Gasteiger partial charge in [-0.2, -0.15) is 4.98 Å². The van der Waals surface area contributed by atoms with Crippen LogP contribution in [0.1, 0.15) is 19.8 Å². The molecule has 1 N–H and O–H groups in total. The van der Waals surface area contributed by atoms with Crippen LogP contribution in [0.5, 0.6) is 0 Å². The lowest BCUT2D eigenvalue weighted by Gasteiger charge is -2.07. The van der Waals surface area contributed by atoms with Gasteiger partial charge >= 0.3 is 0 Å². The van der Waals surface area contributed by atoms with E-state index < -0.39 is 0 Å². The molecule has 2 aromatic heterocycles. The summed E-state index contributed by atoms with van der Waals surface area (Å²) in [7, 11) is 0. The fourth-order valence-corrected chi connectivity index (χ4v) is 2.14. The number of hydrogen-bond donors (Lipinski definition) is 1. The number of benzene rings is 1. The predicted molar refractivity (Wildman–Crippen MR) is 86.4 cm³/mol. The van der Waals surface area contributed by atoms with Crippen LogP contribution in [0.3, 0.4) is 0 Å². The molecule has 22 heavy (non-hydrogen) atoms. The van der Waals surface area contributed by atoms with Gasteiger partial charge in [-0.25, -0.2) is 4.98 Å². The number of anilines is 1. The monoisotopic (exact) mass is 294 g/mol. The van der Waals surface area contributed by atoms with E-state index in [0.29, 0.717) is 11.7 Å². The normalized spacial score (nSPS) is 10.6. The molecule has 0 saturated heterocycles. The molecule has 3 aromatic rings. The largest absolute Gasteiger partial charge is 0.369 e. The Morgan fingerprint density at radius 1 is 1.09 bits per heavy atom. The highest BCUT2D eigenvalue weighted by molar-refractivity contribution is 5.70. The smallest absolute Gasteiger partial charge is 0.261 e. The zero-order valence-electron chi connectivity index (χ0n) is 12.5. The maximum absolute atomic E-state index is 5.41. The molecular weight excluding hydrogens is 276 g/mol. The van der Waals surface area contributed by atoms with Gasteiger partial charge in [0.2, 0.25) is 5.82 Å². The maximum Gasteiger partial charge on any atom is 0.261 e. The highest BCUT2D eigenvalue weighted by Crippen LogP contribution is 2.26. The standard InChI is InChI=1S/C17H18N4O/c1-2-3-11-18-16-14(10-7-12-19-16)17-20-15(21-22-17)13-8-5-4-6-9-13/h4-10,12H,2-3,11H2,1H3,(H,18,19). The minimum absolute atomic E-state index is 0.478. The van der Waals surface area contributed by atoms with E-state index in [9.17, 15) is 0 Å². The van der Waals surface area contributed by atoms with Crippen LogP contribution in [-0.2, 0) is 0 Å². The third-order valence-electron chi connectivity index (χ3n) is 3.32. The summed E-state index contributed by atoms with van der Waals surface area (Å²) < 4.78 is 5.41. The van der Waals surface area contributed by atoms with E-state index in [2.05, 4.69) is 27.4 Å². The molecule has 0 spiro atoms. The maximum atomic E-state index is 5.41. The molecule has 0 aliphatic carbocycles. The minimum Gasteiger partial charge on any atom is -0.369 e. The van der Waals surface area contributed by atoms with Gasteiger partial charge in [-0.3, -0.25) is 0 Å². The number of rotatable bonds is 6. The molecule has 0 amide bonds. The number of nitrogens with one attached hydrogen (secondary N) is 1. The molecule has 0 radical (unpaired) electrons. The third-order valence-corrected chi connectivity index (χ3v) is 3.32. The van der Waals surface area contributed by atoms with Crippen molar-refractivity contribution in [2.24, 2.45) is 0 Å². The number of pyridine rings is 1. The Morgan fingerprint density at radius 2 is 1.95 bits per heavy atom. The molecule has 0 aliphatic rings. The van der Waals surface area contributed by atoms with Gasteiger partial charge in [0.05, 0.1) is 5.56 Å². The van der Waals surface area contributed by atoms with Crippen molar-refractivity contribution in [1.82, 2.24) is 15.1 Å². The molecule has 5 heteroatoms. The second-order valence-corrected chi connectivity index (χ2v) is 4.97. The van der Waals surface area contributed by atoms with Crippen molar-refractivity contribution >= 4 is 5.82 Å². The summed E-state index contributed by atoms with van der Waals surface area (Å²) >= 11 is 0. The first kappa shape index (κ1) is 14.3. The van der Waals surface area contributed by atoms with E-state index in [1.54, 1.807) is 6.20 Å². The van der Waals surface area contributed by atoms with Crippen molar-refractivity contribution in [1.29, 1.82) is 0 Å². The highest BCUT2D eigenvalue weighted by Gasteiger charge is 2.14. The molecule has 1 aromatic carbocycles. The zero-order valence-corrected chi connectivity index (χ0v) is 12.5. The lowest BCUT2D eigenvalue weighted by Crippen LogP contribution is -2.04. The first-order valence-corrected chi connectivity index (χ1v) is 7.47. The Kier molecular flexibility index (Phi) is 4.44. The van der Waals surface area contributed by atoms with E-state index in [-0.39, 0.29) is 0 Å². The van der Waals surface area contributed by atoms with Gasteiger partial charge in [0.25, 0.3) is 5.89 Å². The Labute approximate surface area is 129 Å². The first-order valence-electron chi connectivity index (χ1n) is 7.47. The summed E-state index contributed by atoms with van der Waals surface area (Å²) in [6.07, 6.45) is 3.98. The molecule has 112 valence electrons. The van der Waals surface area contributed by atoms with Crippen LogP contribution in [-0.4, -0.2) is 21.7 Å². The summed E-state index contributed by atoms with van der Waals surface area (Å²) in [5.74, 6) is 1.84. The van der Waals surface area contributed by atoms with Gasteiger partial charge in [-0.15, -0.1) is 0 Å². The van der Waals surface area contributed by atoms with Crippen molar-refractivity contribution < 1.29 is 4.52 Å². The van der Waals surface area contributed by atoms with Gasteiger partial charge in [-0.05, 0) is 18.6 Å². The second kappa shape index (κ2) is 6.85. The van der Waals surface area contributed by atoms with Crippen LogP contribution >= 0.6 is 0 Å². The van der Waals surface area contributed by atoms with Crippen molar-refractivity contribution in [3.8, 4) is 22.8 Å². The molecule has 5 nitrogen and oxygen atoms in total. The minimum atomic E-state index is 0.478. The zero-order chi connectivity index (χ0) is 15.2. The van der Waals surface area contributed by atoms with Crippen molar-refractivity contribution in [3.05, 3.63) is 48.7 Å². The molecule has 0 aliphatic heterocycles. The molecule has 2 heterocycles. The summed E-state index contributed by atoms with van der Waals surface area (Å²) in [6.45, 7) is 3.03.